The molecule has 2 heterocycles. The minimum absolute atomic E-state index is 0.340. The van der Waals surface area contributed by atoms with Crippen LogP contribution in [0.2, 0.25) is 0 Å². The summed E-state index contributed by atoms with van der Waals surface area (Å²) in [7, 11) is 0. The smallest absolute Gasteiger partial charge is 0.125 e. The van der Waals surface area contributed by atoms with Gasteiger partial charge in [-0.3, -0.25) is 0 Å². The van der Waals surface area contributed by atoms with Crippen molar-refractivity contribution in [1.82, 2.24) is 4.98 Å². The van der Waals surface area contributed by atoms with Crippen LogP contribution in [0.5, 0.6) is 0 Å². The Balaban J connectivity index is 2.08. The van der Waals surface area contributed by atoms with E-state index in [0.29, 0.717) is 0 Å². The predicted molar refractivity (Wildman–Crippen MR) is 68.1 cm³/mol. The largest absolute Gasteiger partial charge is 0.387 e. The monoisotopic (exact) mass is 251 g/mol. The molecule has 0 fully saturated rings. The van der Waals surface area contributed by atoms with Gasteiger partial charge in [-0.25, -0.2) is 4.98 Å². The quantitative estimate of drug-likeness (QED) is 0.840. The number of aryl methyl sites for hydroxylation is 2. The van der Waals surface area contributed by atoms with E-state index in [2.05, 4.69) is 22.7 Å². The Bertz CT molecular complexity index is 515. The van der Waals surface area contributed by atoms with Gasteiger partial charge >= 0.3 is 0 Å². The molecule has 0 aliphatic heterocycles. The second-order valence-electron chi connectivity index (χ2n) is 4.20. The van der Waals surface area contributed by atoms with Crippen LogP contribution in [0.15, 0.2) is 10.8 Å². The van der Waals surface area contributed by atoms with Crippen LogP contribution in [0.4, 0.5) is 0 Å². The van der Waals surface area contributed by atoms with Crippen molar-refractivity contribution in [3.63, 3.8) is 0 Å². The third-order valence-electron chi connectivity index (χ3n) is 3.01. The van der Waals surface area contributed by atoms with Gasteiger partial charge in [0.1, 0.15) is 5.01 Å². The van der Waals surface area contributed by atoms with Crippen LogP contribution in [0.1, 0.15) is 35.1 Å². The van der Waals surface area contributed by atoms with E-state index in [4.69, 9.17) is 0 Å². The third kappa shape index (κ3) is 1.61. The van der Waals surface area contributed by atoms with E-state index in [1.54, 1.807) is 22.7 Å². The molecule has 2 aromatic rings. The van der Waals surface area contributed by atoms with Gasteiger partial charge in [0, 0.05) is 15.8 Å². The minimum Gasteiger partial charge on any atom is -0.387 e. The number of nitrogens with zero attached hydrogens (tertiary/aromatic N) is 1. The molecule has 0 spiro atoms. The number of thiophene rings is 1. The average Bonchev–Trinajstić information content (AvgIpc) is 2.84. The van der Waals surface area contributed by atoms with Crippen LogP contribution in [0.25, 0.3) is 10.6 Å². The first kappa shape index (κ1) is 10.4. The van der Waals surface area contributed by atoms with Crippen LogP contribution in [0, 0.1) is 6.92 Å². The van der Waals surface area contributed by atoms with Gasteiger partial charge in [-0.1, -0.05) is 0 Å². The fourth-order valence-corrected chi connectivity index (χ4v) is 4.24. The number of aromatic nitrogens is 1. The van der Waals surface area contributed by atoms with Gasteiger partial charge in [-0.2, -0.15) is 11.3 Å². The number of thiazole rings is 1. The van der Waals surface area contributed by atoms with Crippen molar-refractivity contribution in [2.24, 2.45) is 0 Å². The molecule has 0 aromatic carbocycles. The number of aliphatic hydroxyl groups is 1. The summed E-state index contributed by atoms with van der Waals surface area (Å²) in [5.41, 5.74) is 3.44. The van der Waals surface area contributed by atoms with Crippen molar-refractivity contribution in [3.05, 3.63) is 26.9 Å². The standard InChI is InChI=1S/C12H13NOS2/c1-7-5-15-6-8(7)12-13-11-9(14)3-2-4-10(11)16-12/h5-6,9,14H,2-4H2,1H3. The van der Waals surface area contributed by atoms with E-state index >= 15 is 0 Å². The van der Waals surface area contributed by atoms with Crippen molar-refractivity contribution >= 4 is 22.7 Å². The van der Waals surface area contributed by atoms with Crippen molar-refractivity contribution in [2.45, 2.75) is 32.3 Å². The number of aliphatic hydroxyl groups excluding tert-OH is 1. The Morgan fingerprint density at radius 2 is 2.31 bits per heavy atom. The molecule has 3 rings (SSSR count). The van der Waals surface area contributed by atoms with Crippen LogP contribution < -0.4 is 0 Å². The fraction of sp³-hybridized carbons (Fsp3) is 0.417. The Labute approximate surface area is 103 Å². The molecule has 16 heavy (non-hydrogen) atoms. The zero-order valence-electron chi connectivity index (χ0n) is 9.06. The SMILES string of the molecule is Cc1cscc1-c1nc2c(s1)CCCC2O. The Hall–Kier alpha value is -0.710. The van der Waals surface area contributed by atoms with Crippen molar-refractivity contribution in [3.8, 4) is 10.6 Å². The van der Waals surface area contributed by atoms with E-state index in [1.165, 1.54) is 16.0 Å². The van der Waals surface area contributed by atoms with Crippen LogP contribution in [-0.4, -0.2) is 10.1 Å². The highest BCUT2D eigenvalue weighted by atomic mass is 32.1. The summed E-state index contributed by atoms with van der Waals surface area (Å²) in [5.74, 6) is 0. The zero-order valence-corrected chi connectivity index (χ0v) is 10.7. The number of hydrogen-bond acceptors (Lipinski definition) is 4. The highest BCUT2D eigenvalue weighted by Gasteiger charge is 2.23. The van der Waals surface area contributed by atoms with E-state index in [-0.39, 0.29) is 6.10 Å². The lowest BCUT2D eigenvalue weighted by atomic mass is 10.0. The van der Waals surface area contributed by atoms with E-state index in [9.17, 15) is 5.11 Å². The van der Waals surface area contributed by atoms with Gasteiger partial charge in [0.25, 0.3) is 0 Å². The molecule has 1 aliphatic carbocycles. The van der Waals surface area contributed by atoms with Crippen molar-refractivity contribution in [2.75, 3.05) is 0 Å². The van der Waals surface area contributed by atoms with Crippen molar-refractivity contribution < 1.29 is 5.11 Å². The van der Waals surface area contributed by atoms with Gasteiger partial charge in [0.05, 0.1) is 11.8 Å². The van der Waals surface area contributed by atoms with Gasteiger partial charge in [0.15, 0.2) is 0 Å². The first-order chi connectivity index (χ1) is 7.75. The highest BCUT2D eigenvalue weighted by molar-refractivity contribution is 7.15. The van der Waals surface area contributed by atoms with Gasteiger partial charge in [-0.05, 0) is 37.1 Å². The Kier molecular flexibility index (Phi) is 2.58. The maximum Gasteiger partial charge on any atom is 0.125 e. The number of hydrogen-bond donors (Lipinski definition) is 1. The molecule has 1 N–H and O–H groups in total. The summed E-state index contributed by atoms with van der Waals surface area (Å²) >= 11 is 3.46. The molecule has 1 unspecified atom stereocenters. The highest BCUT2D eigenvalue weighted by Crippen LogP contribution is 2.38. The summed E-state index contributed by atoms with van der Waals surface area (Å²) in [6, 6.07) is 0. The molecule has 4 heteroatoms. The molecule has 2 nitrogen and oxygen atoms in total. The molecular weight excluding hydrogens is 238 g/mol. The van der Waals surface area contributed by atoms with Crippen LogP contribution in [-0.2, 0) is 6.42 Å². The molecule has 0 bridgehead atoms. The van der Waals surface area contributed by atoms with Crippen LogP contribution in [0.3, 0.4) is 0 Å². The molecular formula is C12H13NOS2. The van der Waals surface area contributed by atoms with Gasteiger partial charge < -0.3 is 5.11 Å². The third-order valence-corrected chi connectivity index (χ3v) is 5.04. The fourth-order valence-electron chi connectivity index (χ4n) is 2.09. The van der Waals surface area contributed by atoms with E-state index < -0.39 is 0 Å². The lowest BCUT2D eigenvalue weighted by Crippen LogP contribution is -2.07. The first-order valence-corrected chi connectivity index (χ1v) is 7.22. The molecule has 1 atom stereocenters. The summed E-state index contributed by atoms with van der Waals surface area (Å²) in [6.07, 6.45) is 2.68. The van der Waals surface area contributed by atoms with E-state index in [0.717, 1.165) is 30.0 Å². The van der Waals surface area contributed by atoms with Gasteiger partial charge in [0.2, 0.25) is 0 Å². The zero-order chi connectivity index (χ0) is 11.1. The molecule has 2 aromatic heterocycles. The normalized spacial score (nSPS) is 19.8. The average molecular weight is 251 g/mol. The lowest BCUT2D eigenvalue weighted by Gasteiger charge is -2.14. The summed E-state index contributed by atoms with van der Waals surface area (Å²) in [6.45, 7) is 2.11. The lowest BCUT2D eigenvalue weighted by molar-refractivity contribution is 0.153. The molecule has 1 aliphatic rings. The topological polar surface area (TPSA) is 33.1 Å². The number of rotatable bonds is 1. The van der Waals surface area contributed by atoms with Crippen LogP contribution >= 0.6 is 22.7 Å². The minimum atomic E-state index is -0.340. The molecule has 0 amide bonds. The molecule has 84 valence electrons. The summed E-state index contributed by atoms with van der Waals surface area (Å²) < 4.78 is 0. The second kappa shape index (κ2) is 3.95. The molecule has 0 saturated carbocycles. The van der Waals surface area contributed by atoms with Gasteiger partial charge in [-0.15, -0.1) is 11.3 Å². The second-order valence-corrected chi connectivity index (χ2v) is 6.03. The Morgan fingerprint density at radius 3 is 3.00 bits per heavy atom. The molecule has 0 saturated heterocycles. The Morgan fingerprint density at radius 1 is 1.44 bits per heavy atom. The summed E-state index contributed by atoms with van der Waals surface area (Å²) in [5, 5.41) is 15.3. The maximum absolute atomic E-state index is 9.89. The van der Waals surface area contributed by atoms with Crippen molar-refractivity contribution in [1.29, 1.82) is 0 Å². The predicted octanol–water partition coefficient (Wildman–Crippen LogP) is 3.55. The number of fused-ring (bicyclic) bond motifs is 1. The first-order valence-electron chi connectivity index (χ1n) is 5.46. The van der Waals surface area contributed by atoms with E-state index in [1.807, 2.05) is 0 Å². The summed E-state index contributed by atoms with van der Waals surface area (Å²) in [4.78, 5) is 5.89. The maximum atomic E-state index is 9.89. The molecule has 0 radical (unpaired) electrons.